The second-order valence-corrected chi connectivity index (χ2v) is 8.37. The maximum atomic E-state index is 13.4. The van der Waals surface area contributed by atoms with Gasteiger partial charge in [-0.05, 0) is 67.3 Å². The molecule has 0 N–H and O–H groups in total. The molecule has 0 aliphatic heterocycles. The maximum Gasteiger partial charge on any atom is 0.215 e. The Morgan fingerprint density at radius 2 is 2.10 bits per heavy atom. The number of rotatable bonds is 6. The molecule has 1 saturated carbocycles. The van der Waals surface area contributed by atoms with Crippen LogP contribution in [0.3, 0.4) is 0 Å². The predicted molar refractivity (Wildman–Crippen MR) is 108 cm³/mol. The average molecular weight is 393 g/mol. The maximum absolute atomic E-state index is 13.4. The monoisotopic (exact) mass is 393 g/mol. The van der Waals surface area contributed by atoms with Crippen molar-refractivity contribution in [1.29, 1.82) is 0 Å². The molecule has 150 valence electrons. The zero-order chi connectivity index (χ0) is 20.1. The zero-order valence-corrected chi connectivity index (χ0v) is 16.7. The Kier molecular flexibility index (Phi) is 4.37. The molecule has 1 fully saturated rings. The summed E-state index contributed by atoms with van der Waals surface area (Å²) in [6, 6.07) is 6.78. The number of hydrogen-bond donors (Lipinski definition) is 0. The first-order valence-corrected chi connectivity index (χ1v) is 10.3. The molecule has 0 saturated heterocycles. The van der Waals surface area contributed by atoms with Crippen molar-refractivity contribution in [2.45, 2.75) is 50.9 Å². The lowest BCUT2D eigenvalue weighted by Crippen LogP contribution is -2.15. The fourth-order valence-electron chi connectivity index (χ4n) is 4.53. The summed E-state index contributed by atoms with van der Waals surface area (Å²) < 4.78 is 20.9. The van der Waals surface area contributed by atoms with Gasteiger partial charge in [0, 0.05) is 30.8 Å². The first-order valence-electron chi connectivity index (χ1n) is 10.3. The van der Waals surface area contributed by atoms with E-state index in [2.05, 4.69) is 10.1 Å². The van der Waals surface area contributed by atoms with Crippen molar-refractivity contribution < 1.29 is 13.9 Å². The summed E-state index contributed by atoms with van der Waals surface area (Å²) in [5.41, 5.74) is 5.14. The van der Waals surface area contributed by atoms with E-state index in [0.29, 0.717) is 18.2 Å². The summed E-state index contributed by atoms with van der Waals surface area (Å²) in [6.07, 6.45) is 4.50. The number of pyridine rings is 1. The second-order valence-electron chi connectivity index (χ2n) is 8.37. The molecule has 1 aromatic carbocycles. The number of halogens is 1. The van der Waals surface area contributed by atoms with E-state index in [9.17, 15) is 9.18 Å². The van der Waals surface area contributed by atoms with Gasteiger partial charge in [-0.25, -0.2) is 4.39 Å². The molecule has 5 rings (SSSR count). The number of ketones is 1. The third-order valence-electron chi connectivity index (χ3n) is 6.12. The largest absolute Gasteiger partial charge is 0.470 e. The Morgan fingerprint density at radius 3 is 2.90 bits per heavy atom. The number of benzene rings is 1. The van der Waals surface area contributed by atoms with Crippen LogP contribution < -0.4 is 4.74 Å². The molecule has 0 amide bonds. The summed E-state index contributed by atoms with van der Waals surface area (Å²) in [6.45, 7) is 2.04. The topological polar surface area (TPSA) is 57.0 Å². The quantitative estimate of drug-likeness (QED) is 0.624. The van der Waals surface area contributed by atoms with Crippen molar-refractivity contribution in [3.63, 3.8) is 0 Å². The normalized spacial score (nSPS) is 18.2. The van der Waals surface area contributed by atoms with E-state index < -0.39 is 0 Å². The van der Waals surface area contributed by atoms with Crippen molar-refractivity contribution in [1.82, 2.24) is 14.8 Å². The van der Waals surface area contributed by atoms with E-state index in [1.54, 1.807) is 10.7 Å². The minimum absolute atomic E-state index is 0.00168. The van der Waals surface area contributed by atoms with Crippen molar-refractivity contribution in [2.24, 2.45) is 7.05 Å². The van der Waals surface area contributed by atoms with E-state index in [4.69, 9.17) is 4.74 Å². The van der Waals surface area contributed by atoms with E-state index in [-0.39, 0.29) is 24.1 Å². The Bertz CT molecular complexity index is 1120. The molecule has 2 aliphatic rings. The molecule has 3 aromatic rings. The lowest BCUT2D eigenvalue weighted by atomic mass is 9.96. The zero-order valence-electron chi connectivity index (χ0n) is 16.7. The van der Waals surface area contributed by atoms with Crippen LogP contribution in [0.4, 0.5) is 4.39 Å². The van der Waals surface area contributed by atoms with Gasteiger partial charge < -0.3 is 4.74 Å². The highest BCUT2D eigenvalue weighted by atomic mass is 19.1. The minimum atomic E-state index is -0.212. The molecule has 6 heteroatoms. The van der Waals surface area contributed by atoms with Gasteiger partial charge in [-0.3, -0.25) is 9.48 Å². The number of nitrogens with zero attached hydrogens (tertiary/aromatic N) is 3. The fraction of sp³-hybridized carbons (Fsp3) is 0.435. The highest BCUT2D eigenvalue weighted by Crippen LogP contribution is 2.43. The first kappa shape index (κ1) is 18.3. The molecule has 5 nitrogen and oxygen atoms in total. The van der Waals surface area contributed by atoms with Crippen LogP contribution >= 0.6 is 0 Å². The molecule has 0 spiro atoms. The summed E-state index contributed by atoms with van der Waals surface area (Å²) in [4.78, 5) is 17.1. The van der Waals surface area contributed by atoms with E-state index >= 15 is 0 Å². The lowest BCUT2D eigenvalue weighted by molar-refractivity contribution is -0.121. The standard InChI is InChI=1S/C23H24FN3O2/c1-13-9-20(25-23-21(13)22(14-3-4-14)26-27(23)2)29-12-18(28)11-16-6-5-15-10-17(24)7-8-19(15)16/h7-10,14,16H,3-6,11-12H2,1-2H3. The number of hydrogen-bond acceptors (Lipinski definition) is 4. The molecule has 2 aliphatic carbocycles. The number of aromatic nitrogens is 3. The van der Waals surface area contributed by atoms with E-state index in [1.807, 2.05) is 26.1 Å². The van der Waals surface area contributed by atoms with Crippen LogP contribution in [0.15, 0.2) is 24.3 Å². The number of carbonyl (C=O) groups excluding carboxylic acids is 1. The summed E-state index contributed by atoms with van der Waals surface area (Å²) in [5.74, 6) is 0.987. The number of ether oxygens (including phenoxy) is 1. The minimum Gasteiger partial charge on any atom is -0.470 e. The Hall–Kier alpha value is -2.76. The van der Waals surface area contributed by atoms with Crippen LogP contribution in [-0.4, -0.2) is 27.2 Å². The van der Waals surface area contributed by atoms with Crippen molar-refractivity contribution >= 4 is 16.8 Å². The molecule has 2 heterocycles. The van der Waals surface area contributed by atoms with Gasteiger partial charge >= 0.3 is 0 Å². The average Bonchev–Trinajstić information content (AvgIpc) is 3.39. The van der Waals surface area contributed by atoms with Crippen LogP contribution in [0.5, 0.6) is 5.88 Å². The van der Waals surface area contributed by atoms with Gasteiger partial charge in [0.15, 0.2) is 11.4 Å². The van der Waals surface area contributed by atoms with Crippen LogP contribution in [0.2, 0.25) is 0 Å². The smallest absolute Gasteiger partial charge is 0.215 e. The Morgan fingerprint density at radius 1 is 1.28 bits per heavy atom. The molecule has 0 radical (unpaired) electrons. The van der Waals surface area contributed by atoms with Gasteiger partial charge in [0.1, 0.15) is 12.4 Å². The first-order chi connectivity index (χ1) is 14.0. The number of carbonyl (C=O) groups is 1. The van der Waals surface area contributed by atoms with Gasteiger partial charge in [0.05, 0.1) is 5.69 Å². The van der Waals surface area contributed by atoms with Gasteiger partial charge in [-0.15, -0.1) is 0 Å². The van der Waals surface area contributed by atoms with Crippen LogP contribution in [0.1, 0.15) is 59.9 Å². The SMILES string of the molecule is Cc1cc(OCC(=O)CC2CCc3cc(F)ccc32)nc2c1c(C1CC1)nn2C. The van der Waals surface area contributed by atoms with Crippen molar-refractivity contribution in [2.75, 3.05) is 6.61 Å². The number of aryl methyl sites for hydroxylation is 3. The highest BCUT2D eigenvalue weighted by molar-refractivity contribution is 5.84. The van der Waals surface area contributed by atoms with Gasteiger partial charge in [-0.2, -0.15) is 10.1 Å². The molecular formula is C23H24FN3O2. The van der Waals surface area contributed by atoms with Crippen LogP contribution in [0, 0.1) is 12.7 Å². The Labute approximate surface area is 168 Å². The Balaban J connectivity index is 1.28. The number of Topliss-reactive ketones (excluding diaryl/α,β-unsaturated/α-hetero) is 1. The van der Waals surface area contributed by atoms with Crippen molar-refractivity contribution in [3.8, 4) is 5.88 Å². The number of fused-ring (bicyclic) bond motifs is 2. The summed E-state index contributed by atoms with van der Waals surface area (Å²) in [7, 11) is 1.90. The van der Waals surface area contributed by atoms with Gasteiger partial charge in [0.2, 0.25) is 5.88 Å². The van der Waals surface area contributed by atoms with Gasteiger partial charge in [-0.1, -0.05) is 6.07 Å². The molecule has 0 bridgehead atoms. The van der Waals surface area contributed by atoms with E-state index in [0.717, 1.165) is 46.3 Å². The van der Waals surface area contributed by atoms with Crippen LogP contribution in [0.25, 0.3) is 11.0 Å². The molecule has 1 atom stereocenters. The van der Waals surface area contributed by atoms with Crippen molar-refractivity contribution in [3.05, 3.63) is 52.5 Å². The summed E-state index contributed by atoms with van der Waals surface area (Å²) in [5, 5.41) is 5.76. The third kappa shape index (κ3) is 3.41. The fourth-order valence-corrected chi connectivity index (χ4v) is 4.53. The predicted octanol–water partition coefficient (Wildman–Crippen LogP) is 4.36. The second kappa shape index (κ2) is 6.94. The van der Waals surface area contributed by atoms with Crippen LogP contribution in [-0.2, 0) is 18.3 Å². The molecule has 1 unspecified atom stereocenters. The lowest BCUT2D eigenvalue weighted by Gasteiger charge is -2.12. The molecule has 29 heavy (non-hydrogen) atoms. The molecular weight excluding hydrogens is 369 g/mol. The van der Waals surface area contributed by atoms with E-state index in [1.165, 1.54) is 18.9 Å². The highest BCUT2D eigenvalue weighted by Gasteiger charge is 2.30. The van der Waals surface area contributed by atoms with Gasteiger partial charge in [0.25, 0.3) is 0 Å². The third-order valence-corrected chi connectivity index (χ3v) is 6.12. The molecule has 2 aromatic heterocycles. The summed E-state index contributed by atoms with van der Waals surface area (Å²) >= 11 is 0.